The molecule has 3 aromatic carbocycles. The zero-order valence-corrected chi connectivity index (χ0v) is 16.8. The Morgan fingerprint density at radius 1 is 0.862 bits per heavy atom. The summed E-state index contributed by atoms with van der Waals surface area (Å²) in [6, 6.07) is 22.0. The Labute approximate surface area is 169 Å². The maximum Gasteiger partial charge on any atom is 0.284 e. The number of methoxy groups -OCH3 is 1. The molecule has 7 heteroatoms. The number of aryl methyl sites for hydroxylation is 1. The molecule has 29 heavy (non-hydrogen) atoms. The molecule has 0 saturated heterocycles. The minimum Gasteiger partial charge on any atom is -0.497 e. The zero-order valence-electron chi connectivity index (χ0n) is 16.0. The third-order valence-corrected chi connectivity index (χ3v) is 6.18. The SMILES string of the molecule is COc1ccc(-c2ccccc2-c2cn(S(=O)(=O)c3ccc(C)cc3)nn2)cc1. The van der Waals surface area contributed by atoms with E-state index in [0.717, 1.165) is 32.1 Å². The highest BCUT2D eigenvalue weighted by Crippen LogP contribution is 2.32. The Kier molecular flexibility index (Phi) is 4.90. The molecule has 0 spiro atoms. The third kappa shape index (κ3) is 3.64. The van der Waals surface area contributed by atoms with Crippen LogP contribution >= 0.6 is 0 Å². The topological polar surface area (TPSA) is 74.1 Å². The number of nitrogens with zero attached hydrogens (tertiary/aromatic N) is 3. The molecule has 0 radical (unpaired) electrons. The van der Waals surface area contributed by atoms with Gasteiger partial charge in [0.15, 0.2) is 0 Å². The first kappa shape index (κ1) is 18.9. The lowest BCUT2D eigenvalue weighted by atomic mass is 9.98. The summed E-state index contributed by atoms with van der Waals surface area (Å²) in [7, 11) is -2.18. The first-order valence-corrected chi connectivity index (χ1v) is 10.4. The summed E-state index contributed by atoms with van der Waals surface area (Å²) in [6.07, 6.45) is 1.44. The maximum atomic E-state index is 12.9. The molecule has 0 amide bonds. The van der Waals surface area contributed by atoms with Gasteiger partial charge >= 0.3 is 0 Å². The molecule has 0 saturated carbocycles. The Bertz CT molecular complexity index is 1250. The van der Waals surface area contributed by atoms with Crippen LogP contribution in [0.1, 0.15) is 5.56 Å². The van der Waals surface area contributed by atoms with Crippen LogP contribution in [0.5, 0.6) is 5.75 Å². The van der Waals surface area contributed by atoms with Gasteiger partial charge in [0.2, 0.25) is 0 Å². The Balaban J connectivity index is 1.74. The van der Waals surface area contributed by atoms with Crippen LogP contribution in [0.15, 0.2) is 83.9 Å². The summed E-state index contributed by atoms with van der Waals surface area (Å²) in [5.41, 5.74) is 4.15. The summed E-state index contributed by atoms with van der Waals surface area (Å²) < 4.78 is 31.9. The van der Waals surface area contributed by atoms with Crippen molar-refractivity contribution in [2.45, 2.75) is 11.8 Å². The highest BCUT2D eigenvalue weighted by molar-refractivity contribution is 7.89. The van der Waals surface area contributed by atoms with Gasteiger partial charge in [-0.05, 0) is 42.3 Å². The first-order valence-electron chi connectivity index (χ1n) is 8.97. The number of ether oxygens (including phenoxy) is 1. The number of aromatic nitrogens is 3. The van der Waals surface area contributed by atoms with Crippen LogP contribution in [0.4, 0.5) is 0 Å². The number of benzene rings is 3. The third-order valence-electron chi connectivity index (χ3n) is 4.64. The average Bonchev–Trinajstić information content (AvgIpc) is 3.25. The van der Waals surface area contributed by atoms with Crippen LogP contribution in [0.2, 0.25) is 0 Å². The van der Waals surface area contributed by atoms with E-state index in [9.17, 15) is 8.42 Å². The zero-order chi connectivity index (χ0) is 20.4. The van der Waals surface area contributed by atoms with E-state index in [4.69, 9.17) is 4.74 Å². The summed E-state index contributed by atoms with van der Waals surface area (Å²) in [4.78, 5) is 0.169. The van der Waals surface area contributed by atoms with Gasteiger partial charge in [0.25, 0.3) is 10.0 Å². The molecular formula is C22H19N3O3S. The van der Waals surface area contributed by atoms with Crippen molar-refractivity contribution >= 4 is 10.0 Å². The van der Waals surface area contributed by atoms with E-state index in [1.165, 1.54) is 6.20 Å². The molecule has 0 atom stereocenters. The van der Waals surface area contributed by atoms with Gasteiger partial charge in [0, 0.05) is 5.56 Å². The monoisotopic (exact) mass is 405 g/mol. The van der Waals surface area contributed by atoms with Gasteiger partial charge < -0.3 is 4.74 Å². The van der Waals surface area contributed by atoms with Crippen LogP contribution in [0.25, 0.3) is 22.4 Å². The lowest BCUT2D eigenvalue weighted by Crippen LogP contribution is -2.13. The van der Waals surface area contributed by atoms with Crippen molar-refractivity contribution in [3.8, 4) is 28.1 Å². The van der Waals surface area contributed by atoms with Gasteiger partial charge in [-0.25, -0.2) is 0 Å². The van der Waals surface area contributed by atoms with Gasteiger partial charge in [0.05, 0.1) is 18.2 Å². The van der Waals surface area contributed by atoms with Crippen molar-refractivity contribution in [1.82, 2.24) is 14.4 Å². The van der Waals surface area contributed by atoms with Crippen LogP contribution in [0, 0.1) is 6.92 Å². The first-order chi connectivity index (χ1) is 14.0. The molecule has 0 fully saturated rings. The number of hydrogen-bond donors (Lipinski definition) is 0. The van der Waals surface area contributed by atoms with Crippen molar-refractivity contribution in [3.05, 3.63) is 84.6 Å². The lowest BCUT2D eigenvalue weighted by molar-refractivity contribution is 0.415. The largest absolute Gasteiger partial charge is 0.497 e. The lowest BCUT2D eigenvalue weighted by Gasteiger charge is -2.08. The highest BCUT2D eigenvalue weighted by Gasteiger charge is 2.20. The molecule has 146 valence electrons. The van der Waals surface area contributed by atoms with Gasteiger partial charge in [-0.15, -0.1) is 9.19 Å². The van der Waals surface area contributed by atoms with E-state index in [1.54, 1.807) is 31.4 Å². The fourth-order valence-electron chi connectivity index (χ4n) is 3.04. The second-order valence-corrected chi connectivity index (χ2v) is 8.36. The molecule has 1 aromatic heterocycles. The van der Waals surface area contributed by atoms with Gasteiger partial charge in [-0.1, -0.05) is 59.3 Å². The number of rotatable bonds is 5. The smallest absolute Gasteiger partial charge is 0.284 e. The summed E-state index contributed by atoms with van der Waals surface area (Å²) in [6.45, 7) is 1.90. The molecule has 0 aliphatic heterocycles. The Morgan fingerprint density at radius 3 is 2.17 bits per heavy atom. The molecule has 0 unspecified atom stereocenters. The minimum atomic E-state index is -3.80. The molecule has 1 heterocycles. The van der Waals surface area contributed by atoms with Crippen molar-refractivity contribution in [2.75, 3.05) is 7.11 Å². The summed E-state index contributed by atoms with van der Waals surface area (Å²) in [5.74, 6) is 0.765. The maximum absolute atomic E-state index is 12.9. The molecule has 0 aliphatic carbocycles. The Hall–Kier alpha value is -3.45. The standard InChI is InChI=1S/C22H19N3O3S/c1-16-7-13-19(14-8-16)29(26,27)25-15-22(23-24-25)21-6-4-3-5-20(21)17-9-11-18(28-2)12-10-17/h3-15H,1-2H3. The molecule has 4 rings (SSSR count). The van der Waals surface area contributed by atoms with Gasteiger partial charge in [0.1, 0.15) is 11.4 Å². The molecular weight excluding hydrogens is 386 g/mol. The Morgan fingerprint density at radius 2 is 1.52 bits per heavy atom. The molecule has 6 nitrogen and oxygen atoms in total. The van der Waals surface area contributed by atoms with Gasteiger partial charge in [-0.2, -0.15) is 8.42 Å². The molecule has 0 N–H and O–H groups in total. The van der Waals surface area contributed by atoms with E-state index in [-0.39, 0.29) is 4.90 Å². The van der Waals surface area contributed by atoms with E-state index in [1.807, 2.05) is 55.5 Å². The second kappa shape index (κ2) is 7.52. The fourth-order valence-corrected chi connectivity index (χ4v) is 4.10. The molecule has 4 aromatic rings. The molecule has 0 bridgehead atoms. The van der Waals surface area contributed by atoms with Crippen molar-refractivity contribution in [1.29, 1.82) is 0 Å². The van der Waals surface area contributed by atoms with Crippen molar-refractivity contribution in [2.24, 2.45) is 0 Å². The molecule has 0 aliphatic rings. The summed E-state index contributed by atoms with van der Waals surface area (Å²) >= 11 is 0. The van der Waals surface area contributed by atoms with E-state index in [2.05, 4.69) is 10.3 Å². The van der Waals surface area contributed by atoms with E-state index < -0.39 is 10.0 Å². The predicted octanol–water partition coefficient (Wildman–Crippen LogP) is 4.17. The average molecular weight is 405 g/mol. The van der Waals surface area contributed by atoms with Crippen molar-refractivity contribution < 1.29 is 13.2 Å². The second-order valence-electron chi connectivity index (χ2n) is 6.57. The quantitative estimate of drug-likeness (QED) is 0.498. The van der Waals surface area contributed by atoms with E-state index >= 15 is 0 Å². The van der Waals surface area contributed by atoms with E-state index in [0.29, 0.717) is 5.69 Å². The summed E-state index contributed by atoms with van der Waals surface area (Å²) in [5, 5.41) is 8.01. The number of hydrogen-bond acceptors (Lipinski definition) is 5. The van der Waals surface area contributed by atoms with Crippen molar-refractivity contribution in [3.63, 3.8) is 0 Å². The fraction of sp³-hybridized carbons (Fsp3) is 0.0909. The van der Waals surface area contributed by atoms with Crippen LogP contribution in [-0.2, 0) is 10.0 Å². The van der Waals surface area contributed by atoms with Gasteiger partial charge in [-0.3, -0.25) is 0 Å². The highest BCUT2D eigenvalue weighted by atomic mass is 32.2. The van der Waals surface area contributed by atoms with Crippen LogP contribution in [-0.4, -0.2) is 29.9 Å². The van der Waals surface area contributed by atoms with Crippen LogP contribution in [0.3, 0.4) is 0 Å². The predicted molar refractivity (Wildman–Crippen MR) is 111 cm³/mol. The normalized spacial score (nSPS) is 11.4. The minimum absolute atomic E-state index is 0.169. The van der Waals surface area contributed by atoms with Crippen LogP contribution < -0.4 is 4.74 Å².